The average molecular weight is 425 g/mol. The summed E-state index contributed by atoms with van der Waals surface area (Å²) in [6.07, 6.45) is 13.7. The molecular weight excluding hydrogens is 392 g/mol. The number of carbonyl (C=O) groups excluding carboxylic acids is 1. The first-order valence-electron chi connectivity index (χ1n) is 10.2. The van der Waals surface area contributed by atoms with Crippen LogP contribution in [0.1, 0.15) is 48.7 Å². The van der Waals surface area contributed by atoms with Gasteiger partial charge >= 0.3 is 5.97 Å². The van der Waals surface area contributed by atoms with Gasteiger partial charge in [0.1, 0.15) is 0 Å². The zero-order valence-electron chi connectivity index (χ0n) is 19.2. The van der Waals surface area contributed by atoms with E-state index in [9.17, 15) is 4.79 Å². The first-order valence-corrected chi connectivity index (χ1v) is 10.2. The zero-order valence-corrected chi connectivity index (χ0v) is 19.2. The van der Waals surface area contributed by atoms with E-state index in [4.69, 9.17) is 0 Å². The van der Waals surface area contributed by atoms with E-state index in [-0.39, 0.29) is 5.97 Å². The molecule has 1 saturated heterocycles. The first kappa shape index (κ1) is 25.7. The Bertz CT molecular complexity index is 846. The fraction of sp³-hybridized carbons (Fsp3) is 0.435. The summed E-state index contributed by atoms with van der Waals surface area (Å²) < 4.78 is 4.63. The molecule has 0 aliphatic carbocycles. The van der Waals surface area contributed by atoms with Crippen LogP contribution in [0, 0.1) is 33.6 Å². The number of cyclic esters (lactones) is 1. The second-order valence-corrected chi connectivity index (χ2v) is 7.07. The minimum Gasteiger partial charge on any atom is -0.465 e. The van der Waals surface area contributed by atoms with Gasteiger partial charge in [-0.15, -0.1) is 0 Å². The molecule has 4 heterocycles. The molecule has 0 spiro atoms. The van der Waals surface area contributed by atoms with E-state index in [0.29, 0.717) is 18.9 Å². The van der Waals surface area contributed by atoms with Crippen LogP contribution < -0.4 is 0 Å². The molecule has 1 atom stereocenters. The summed E-state index contributed by atoms with van der Waals surface area (Å²) in [7, 11) is 0. The Morgan fingerprint density at radius 1 is 0.839 bits per heavy atom. The van der Waals surface area contributed by atoms with E-state index >= 15 is 0 Å². The fourth-order valence-corrected chi connectivity index (χ4v) is 2.08. The molecule has 1 aliphatic heterocycles. The maximum Gasteiger partial charge on any atom is 0.306 e. The van der Waals surface area contributed by atoms with Gasteiger partial charge in [-0.25, -0.2) is 0 Å². The number of aromatic nitrogens is 6. The third kappa shape index (κ3) is 12.1. The van der Waals surface area contributed by atoms with Crippen LogP contribution in [0.5, 0.6) is 0 Å². The van der Waals surface area contributed by atoms with Gasteiger partial charge in [-0.1, -0.05) is 13.8 Å². The van der Waals surface area contributed by atoms with Crippen LogP contribution in [0.4, 0.5) is 0 Å². The largest absolute Gasteiger partial charge is 0.465 e. The van der Waals surface area contributed by atoms with Crippen molar-refractivity contribution in [1.29, 1.82) is 0 Å². The molecule has 0 bridgehead atoms. The molecule has 3 aromatic heterocycles. The molecule has 1 unspecified atom stereocenters. The topological polar surface area (TPSA) is 104 Å². The smallest absolute Gasteiger partial charge is 0.306 e. The van der Waals surface area contributed by atoms with Crippen molar-refractivity contribution in [1.82, 2.24) is 29.9 Å². The lowest BCUT2D eigenvalue weighted by Crippen LogP contribution is -1.88. The maximum atomic E-state index is 10.2. The van der Waals surface area contributed by atoms with Gasteiger partial charge in [0.2, 0.25) is 0 Å². The molecule has 4 rings (SSSR count). The van der Waals surface area contributed by atoms with Crippen LogP contribution in [0.15, 0.2) is 43.4 Å². The summed E-state index contributed by atoms with van der Waals surface area (Å²) in [6.45, 7) is 12.4. The second kappa shape index (κ2) is 14.7. The number of rotatable bonds is 1. The third-order valence-electron chi connectivity index (χ3n) is 4.06. The predicted octanol–water partition coefficient (Wildman–Crippen LogP) is 3.80. The minimum absolute atomic E-state index is 0.0486. The highest BCUT2D eigenvalue weighted by Gasteiger charge is 2.18. The van der Waals surface area contributed by atoms with Gasteiger partial charge in [-0.3, -0.25) is 34.7 Å². The van der Waals surface area contributed by atoms with Crippen LogP contribution in [-0.2, 0) is 16.0 Å². The van der Waals surface area contributed by atoms with Crippen molar-refractivity contribution < 1.29 is 9.53 Å². The minimum atomic E-state index is -0.0486. The van der Waals surface area contributed by atoms with Crippen molar-refractivity contribution in [2.75, 3.05) is 6.61 Å². The van der Waals surface area contributed by atoms with E-state index in [2.05, 4.69) is 41.6 Å². The lowest BCUT2D eigenvalue weighted by atomic mass is 10.2. The molecular formula is C23H32N6O2. The molecule has 0 radical (unpaired) electrons. The monoisotopic (exact) mass is 424 g/mol. The lowest BCUT2D eigenvalue weighted by molar-refractivity contribution is -0.137. The molecule has 0 amide bonds. The summed E-state index contributed by atoms with van der Waals surface area (Å²) in [4.78, 5) is 34.2. The Hall–Kier alpha value is -3.29. The van der Waals surface area contributed by atoms with Crippen molar-refractivity contribution in [3.05, 3.63) is 71.8 Å². The van der Waals surface area contributed by atoms with Crippen molar-refractivity contribution in [3.63, 3.8) is 0 Å². The van der Waals surface area contributed by atoms with E-state index in [1.165, 1.54) is 0 Å². The lowest BCUT2D eigenvalue weighted by Gasteiger charge is -1.91. The number of hydrogen-bond donors (Lipinski definition) is 0. The summed E-state index contributed by atoms with van der Waals surface area (Å²) in [5.41, 5.74) is 5.00. The zero-order chi connectivity index (χ0) is 23.1. The molecule has 8 heteroatoms. The van der Waals surface area contributed by atoms with Gasteiger partial charge in [-0.2, -0.15) is 0 Å². The molecule has 0 saturated carbocycles. The quantitative estimate of drug-likeness (QED) is 0.543. The standard InChI is InChI=1S/3C6H8N2.C5H8O2/c1-5-3-8-6(2)4-7-5;1-5-6(2)8-4-3-7-5;1-2-6-5-7-3-4-8-6;1-4-2-5(6)7-3-4/h2*3-4H,1-2H3;3-5H,2H2,1H3;4H,2-3H2,1H3. The molecule has 8 nitrogen and oxygen atoms in total. The maximum absolute atomic E-state index is 10.2. The van der Waals surface area contributed by atoms with Gasteiger partial charge in [0.15, 0.2) is 0 Å². The summed E-state index contributed by atoms with van der Waals surface area (Å²) in [5, 5.41) is 0. The van der Waals surface area contributed by atoms with Gasteiger partial charge in [0.25, 0.3) is 0 Å². The van der Waals surface area contributed by atoms with Crippen LogP contribution in [0.2, 0.25) is 0 Å². The molecule has 166 valence electrons. The van der Waals surface area contributed by atoms with Gasteiger partial charge in [0.05, 0.1) is 41.5 Å². The van der Waals surface area contributed by atoms with Gasteiger partial charge in [0, 0.05) is 49.3 Å². The molecule has 0 N–H and O–H groups in total. The fourth-order valence-electron chi connectivity index (χ4n) is 2.08. The highest BCUT2D eigenvalue weighted by atomic mass is 16.5. The third-order valence-corrected chi connectivity index (χ3v) is 4.06. The summed E-state index contributed by atoms with van der Waals surface area (Å²) in [6, 6.07) is 0. The molecule has 31 heavy (non-hydrogen) atoms. The van der Waals surface area contributed by atoms with E-state index in [1.54, 1.807) is 43.4 Å². The van der Waals surface area contributed by atoms with E-state index in [1.807, 2.05) is 34.6 Å². The van der Waals surface area contributed by atoms with E-state index < -0.39 is 0 Å². The van der Waals surface area contributed by atoms with Crippen molar-refractivity contribution in [2.45, 2.75) is 54.4 Å². The Kier molecular flexibility index (Phi) is 12.2. The summed E-state index contributed by atoms with van der Waals surface area (Å²) >= 11 is 0. The number of carbonyl (C=O) groups is 1. The van der Waals surface area contributed by atoms with Crippen LogP contribution in [0.25, 0.3) is 0 Å². The molecule has 3 aromatic rings. The number of aryl methyl sites for hydroxylation is 5. The Morgan fingerprint density at radius 2 is 1.39 bits per heavy atom. The first-order chi connectivity index (χ1) is 14.8. The van der Waals surface area contributed by atoms with E-state index in [0.717, 1.165) is 34.9 Å². The Balaban J connectivity index is 0.000000207. The molecule has 0 aromatic carbocycles. The summed E-state index contributed by atoms with van der Waals surface area (Å²) in [5.74, 6) is 0.403. The second-order valence-electron chi connectivity index (χ2n) is 7.07. The number of hydrogen-bond acceptors (Lipinski definition) is 8. The predicted molar refractivity (Wildman–Crippen MR) is 119 cm³/mol. The van der Waals surface area contributed by atoms with Gasteiger partial charge < -0.3 is 4.74 Å². The van der Waals surface area contributed by atoms with Crippen molar-refractivity contribution in [3.8, 4) is 0 Å². The number of esters is 1. The highest BCUT2D eigenvalue weighted by Crippen LogP contribution is 2.11. The van der Waals surface area contributed by atoms with Crippen molar-refractivity contribution >= 4 is 5.97 Å². The number of nitrogens with zero attached hydrogens (tertiary/aromatic N) is 6. The SMILES string of the molecule is CC1COC(=O)C1.CCc1cnccn1.Cc1cnc(C)cn1.Cc1nccnc1C. The Morgan fingerprint density at radius 3 is 1.65 bits per heavy atom. The van der Waals surface area contributed by atoms with Gasteiger partial charge in [-0.05, 0) is 34.1 Å². The Labute approximate surface area is 184 Å². The molecule has 1 aliphatic rings. The molecule has 1 fully saturated rings. The van der Waals surface area contributed by atoms with Crippen LogP contribution in [-0.4, -0.2) is 42.5 Å². The van der Waals surface area contributed by atoms with Crippen LogP contribution in [0.3, 0.4) is 0 Å². The highest BCUT2D eigenvalue weighted by molar-refractivity contribution is 5.71. The number of ether oxygens (including phenoxy) is 1. The normalized spacial score (nSPS) is 14.0. The van der Waals surface area contributed by atoms with Crippen LogP contribution >= 0.6 is 0 Å². The average Bonchev–Trinajstić information content (AvgIpc) is 3.17. The van der Waals surface area contributed by atoms with Crippen molar-refractivity contribution in [2.24, 2.45) is 5.92 Å².